The van der Waals surface area contributed by atoms with Crippen LogP contribution in [0.2, 0.25) is 0 Å². The predicted molar refractivity (Wildman–Crippen MR) is 59.1 cm³/mol. The Bertz CT molecular complexity index is 305. The third-order valence-electron chi connectivity index (χ3n) is 2.06. The van der Waals surface area contributed by atoms with E-state index in [-0.39, 0.29) is 13.2 Å². The minimum atomic E-state index is -0.573. The maximum Gasteiger partial charge on any atom is 0.225 e. The van der Waals surface area contributed by atoms with Crippen LogP contribution in [-0.2, 0) is 11.3 Å². The minimum absolute atomic E-state index is 0.0731. The highest BCUT2D eigenvalue weighted by molar-refractivity contribution is 5.28. The van der Waals surface area contributed by atoms with Crippen molar-refractivity contribution in [1.29, 1.82) is 0 Å². The number of ether oxygens (including phenoxy) is 1. The molecule has 90 valence electrons. The molecule has 6 heteroatoms. The SMILES string of the molecule is COCC(O)CN(C)c1ncc(CO)cn1. The second kappa shape index (κ2) is 6.37. The van der Waals surface area contributed by atoms with E-state index in [0.717, 1.165) is 0 Å². The van der Waals surface area contributed by atoms with Gasteiger partial charge in [0.2, 0.25) is 5.95 Å². The summed E-state index contributed by atoms with van der Waals surface area (Å²) in [7, 11) is 3.32. The first-order valence-electron chi connectivity index (χ1n) is 4.97. The Morgan fingerprint density at radius 1 is 1.44 bits per heavy atom. The maximum absolute atomic E-state index is 9.52. The molecule has 0 radical (unpaired) electrons. The first-order valence-corrected chi connectivity index (χ1v) is 4.97. The summed E-state index contributed by atoms with van der Waals surface area (Å²) in [5, 5.41) is 18.4. The highest BCUT2D eigenvalue weighted by Gasteiger charge is 2.10. The first-order chi connectivity index (χ1) is 7.67. The topological polar surface area (TPSA) is 78.7 Å². The van der Waals surface area contributed by atoms with Crippen LogP contribution in [0.1, 0.15) is 5.56 Å². The average molecular weight is 227 g/mol. The molecule has 2 N–H and O–H groups in total. The van der Waals surface area contributed by atoms with E-state index < -0.39 is 6.10 Å². The van der Waals surface area contributed by atoms with Crippen LogP contribution in [0, 0.1) is 0 Å². The van der Waals surface area contributed by atoms with Crippen molar-refractivity contribution in [1.82, 2.24) is 9.97 Å². The number of hydrogen-bond acceptors (Lipinski definition) is 6. The molecule has 0 amide bonds. The number of hydrogen-bond donors (Lipinski definition) is 2. The van der Waals surface area contributed by atoms with Crippen molar-refractivity contribution in [3.05, 3.63) is 18.0 Å². The number of aliphatic hydroxyl groups is 2. The quantitative estimate of drug-likeness (QED) is 0.676. The molecular weight excluding hydrogens is 210 g/mol. The minimum Gasteiger partial charge on any atom is -0.392 e. The van der Waals surface area contributed by atoms with Crippen LogP contribution in [0.5, 0.6) is 0 Å². The van der Waals surface area contributed by atoms with E-state index in [2.05, 4.69) is 9.97 Å². The van der Waals surface area contributed by atoms with Crippen molar-refractivity contribution >= 4 is 5.95 Å². The molecule has 0 saturated carbocycles. The van der Waals surface area contributed by atoms with E-state index in [1.807, 2.05) is 0 Å². The molecule has 1 atom stereocenters. The predicted octanol–water partition coefficient (Wildman–Crippen LogP) is -0.588. The number of likely N-dealkylation sites (N-methyl/N-ethyl adjacent to an activating group) is 1. The van der Waals surface area contributed by atoms with Gasteiger partial charge in [-0.05, 0) is 0 Å². The molecule has 0 fully saturated rings. The van der Waals surface area contributed by atoms with Crippen LogP contribution in [0.15, 0.2) is 12.4 Å². The lowest BCUT2D eigenvalue weighted by Crippen LogP contribution is -2.32. The standard InChI is InChI=1S/C10H17N3O3/c1-13(5-9(15)7-16-2)10-11-3-8(6-14)4-12-10/h3-4,9,14-15H,5-7H2,1-2H3. The zero-order chi connectivity index (χ0) is 12.0. The van der Waals surface area contributed by atoms with Gasteiger partial charge in [-0.2, -0.15) is 0 Å². The van der Waals surface area contributed by atoms with Gasteiger partial charge in [0.15, 0.2) is 0 Å². The fourth-order valence-electron chi connectivity index (χ4n) is 1.27. The van der Waals surface area contributed by atoms with Crippen molar-refractivity contribution in [2.75, 3.05) is 32.2 Å². The normalized spacial score (nSPS) is 12.5. The summed E-state index contributed by atoms with van der Waals surface area (Å²) in [5.41, 5.74) is 0.662. The Morgan fingerprint density at radius 2 is 2.06 bits per heavy atom. The molecular formula is C10H17N3O3. The van der Waals surface area contributed by atoms with Crippen LogP contribution >= 0.6 is 0 Å². The van der Waals surface area contributed by atoms with Crippen LogP contribution in [-0.4, -0.2) is 53.6 Å². The zero-order valence-corrected chi connectivity index (χ0v) is 9.50. The summed E-state index contributed by atoms with van der Waals surface area (Å²) in [6, 6.07) is 0. The van der Waals surface area contributed by atoms with E-state index in [1.165, 1.54) is 7.11 Å². The van der Waals surface area contributed by atoms with Gasteiger partial charge in [-0.15, -0.1) is 0 Å². The molecule has 0 aliphatic carbocycles. The molecule has 1 unspecified atom stereocenters. The number of aromatic nitrogens is 2. The molecule has 0 spiro atoms. The van der Waals surface area contributed by atoms with Crippen molar-refractivity contribution in [3.63, 3.8) is 0 Å². The highest BCUT2D eigenvalue weighted by atomic mass is 16.5. The van der Waals surface area contributed by atoms with Gasteiger partial charge in [-0.3, -0.25) is 0 Å². The molecule has 1 rings (SSSR count). The lowest BCUT2D eigenvalue weighted by molar-refractivity contribution is 0.0693. The molecule has 0 aromatic carbocycles. The zero-order valence-electron chi connectivity index (χ0n) is 9.50. The van der Waals surface area contributed by atoms with Gasteiger partial charge in [0.05, 0.1) is 19.3 Å². The first kappa shape index (κ1) is 12.8. The molecule has 6 nitrogen and oxygen atoms in total. The number of rotatable bonds is 6. The van der Waals surface area contributed by atoms with Crippen LogP contribution in [0.25, 0.3) is 0 Å². The fourth-order valence-corrected chi connectivity index (χ4v) is 1.27. The van der Waals surface area contributed by atoms with Crippen molar-refractivity contribution in [2.24, 2.45) is 0 Å². The number of methoxy groups -OCH3 is 1. The third kappa shape index (κ3) is 3.73. The summed E-state index contributed by atoms with van der Waals surface area (Å²) < 4.78 is 4.83. The number of nitrogens with zero attached hydrogens (tertiary/aromatic N) is 3. The summed E-state index contributed by atoms with van der Waals surface area (Å²) >= 11 is 0. The van der Waals surface area contributed by atoms with Gasteiger partial charge < -0.3 is 19.8 Å². The molecule has 1 aromatic rings. The Balaban J connectivity index is 2.55. The second-order valence-electron chi connectivity index (χ2n) is 3.54. The number of anilines is 1. The summed E-state index contributed by atoms with van der Waals surface area (Å²) in [5.74, 6) is 0.507. The number of aliphatic hydroxyl groups excluding tert-OH is 2. The van der Waals surface area contributed by atoms with Crippen molar-refractivity contribution < 1.29 is 14.9 Å². The van der Waals surface area contributed by atoms with Crippen molar-refractivity contribution in [3.8, 4) is 0 Å². The second-order valence-corrected chi connectivity index (χ2v) is 3.54. The van der Waals surface area contributed by atoms with E-state index in [4.69, 9.17) is 9.84 Å². The summed E-state index contributed by atoms with van der Waals surface area (Å²) in [6.45, 7) is 0.599. The van der Waals surface area contributed by atoms with Crippen LogP contribution < -0.4 is 4.90 Å². The monoisotopic (exact) mass is 227 g/mol. The average Bonchev–Trinajstić information content (AvgIpc) is 2.29. The van der Waals surface area contributed by atoms with Gasteiger partial charge in [-0.25, -0.2) is 9.97 Å². The Hall–Kier alpha value is -1.24. The Labute approximate surface area is 94.5 Å². The largest absolute Gasteiger partial charge is 0.392 e. The lowest BCUT2D eigenvalue weighted by Gasteiger charge is -2.20. The smallest absolute Gasteiger partial charge is 0.225 e. The molecule has 0 saturated heterocycles. The highest BCUT2D eigenvalue weighted by Crippen LogP contribution is 2.05. The summed E-state index contributed by atoms with van der Waals surface area (Å²) in [6.07, 6.45) is 2.54. The van der Waals surface area contributed by atoms with E-state index in [9.17, 15) is 5.11 Å². The van der Waals surface area contributed by atoms with E-state index >= 15 is 0 Å². The molecule has 1 heterocycles. The van der Waals surface area contributed by atoms with Gasteiger partial charge >= 0.3 is 0 Å². The Kier molecular flexibility index (Phi) is 5.10. The fraction of sp³-hybridized carbons (Fsp3) is 0.600. The lowest BCUT2D eigenvalue weighted by atomic mass is 10.3. The third-order valence-corrected chi connectivity index (χ3v) is 2.06. The van der Waals surface area contributed by atoms with Gasteiger partial charge in [-0.1, -0.05) is 0 Å². The summed E-state index contributed by atoms with van der Waals surface area (Å²) in [4.78, 5) is 9.86. The van der Waals surface area contributed by atoms with Gasteiger partial charge in [0.25, 0.3) is 0 Å². The molecule has 16 heavy (non-hydrogen) atoms. The van der Waals surface area contributed by atoms with Gasteiger partial charge in [0.1, 0.15) is 0 Å². The molecule has 1 aromatic heterocycles. The van der Waals surface area contributed by atoms with Crippen LogP contribution in [0.4, 0.5) is 5.95 Å². The van der Waals surface area contributed by atoms with Crippen molar-refractivity contribution in [2.45, 2.75) is 12.7 Å². The van der Waals surface area contributed by atoms with E-state index in [1.54, 1.807) is 24.3 Å². The molecule has 0 bridgehead atoms. The molecule has 0 aliphatic heterocycles. The van der Waals surface area contributed by atoms with E-state index in [0.29, 0.717) is 18.1 Å². The Morgan fingerprint density at radius 3 is 2.56 bits per heavy atom. The van der Waals surface area contributed by atoms with Gasteiger partial charge in [0, 0.05) is 38.7 Å². The van der Waals surface area contributed by atoms with Crippen LogP contribution in [0.3, 0.4) is 0 Å². The molecule has 0 aliphatic rings. The maximum atomic E-state index is 9.52.